The van der Waals surface area contributed by atoms with E-state index in [1.54, 1.807) is 5.56 Å². The van der Waals surface area contributed by atoms with Gasteiger partial charge < -0.3 is 0 Å². The number of benzene rings is 1. The summed E-state index contributed by atoms with van der Waals surface area (Å²) in [6, 6.07) is 0. The van der Waals surface area contributed by atoms with E-state index in [1.165, 1.54) is 53.5 Å². The van der Waals surface area contributed by atoms with Crippen molar-refractivity contribution >= 4 is 15.9 Å². The molecule has 20 heavy (non-hydrogen) atoms. The quantitative estimate of drug-likeness (QED) is 0.495. The monoisotopic (exact) mass is 338 g/mol. The summed E-state index contributed by atoms with van der Waals surface area (Å²) >= 11 is 4.04. The summed E-state index contributed by atoms with van der Waals surface area (Å²) in [6.07, 6.45) is 5.21. The summed E-state index contributed by atoms with van der Waals surface area (Å²) < 4.78 is 0. The topological polar surface area (TPSA) is 0 Å². The van der Waals surface area contributed by atoms with E-state index in [-0.39, 0.29) is 0 Å². The number of halogens is 1. The maximum atomic E-state index is 4.04. The van der Waals surface area contributed by atoms with Crippen LogP contribution in [-0.2, 0) is 0 Å². The van der Waals surface area contributed by atoms with Crippen LogP contribution in [0.4, 0.5) is 0 Å². The van der Waals surface area contributed by atoms with Crippen LogP contribution in [0.15, 0.2) is 0 Å². The Labute approximate surface area is 134 Å². The molecule has 0 fully saturated rings. The minimum Gasteiger partial charge on any atom is -0.0836 e. The molecule has 1 aromatic carbocycles. The number of unbranched alkanes of at least 4 members (excludes halogenated alkanes) is 1. The van der Waals surface area contributed by atoms with E-state index in [0.717, 1.165) is 5.92 Å². The van der Waals surface area contributed by atoms with Crippen LogP contribution in [0.25, 0.3) is 0 Å². The van der Waals surface area contributed by atoms with Gasteiger partial charge in [-0.2, -0.15) is 0 Å². The molecule has 0 aliphatic heterocycles. The molecule has 1 heteroatoms. The van der Waals surface area contributed by atoms with E-state index in [2.05, 4.69) is 64.4 Å². The largest absolute Gasteiger partial charge is 0.0836 e. The highest BCUT2D eigenvalue weighted by Crippen LogP contribution is 2.41. The predicted octanol–water partition coefficient (Wildman–Crippen LogP) is 6.88. The molecule has 0 bridgehead atoms. The van der Waals surface area contributed by atoms with Gasteiger partial charge in [0, 0.05) is 4.83 Å². The van der Waals surface area contributed by atoms with Crippen LogP contribution in [0.3, 0.4) is 0 Å². The fourth-order valence-electron chi connectivity index (χ4n) is 3.20. The minimum absolute atomic E-state index is 0.497. The minimum atomic E-state index is 0.497. The van der Waals surface area contributed by atoms with Crippen LogP contribution in [0, 0.1) is 40.5 Å². The van der Waals surface area contributed by atoms with E-state index in [4.69, 9.17) is 0 Å². The van der Waals surface area contributed by atoms with Gasteiger partial charge in [0.1, 0.15) is 0 Å². The molecule has 0 saturated heterocycles. The Hall–Kier alpha value is -0.300. The maximum absolute atomic E-state index is 4.04. The van der Waals surface area contributed by atoms with Crippen molar-refractivity contribution in [1.29, 1.82) is 0 Å². The lowest BCUT2D eigenvalue weighted by Crippen LogP contribution is -2.12. The van der Waals surface area contributed by atoms with Crippen LogP contribution < -0.4 is 0 Å². The molecule has 1 aromatic rings. The first-order valence-electron chi connectivity index (χ1n) is 8.07. The molecule has 0 radical (unpaired) electrons. The Morgan fingerprint density at radius 3 is 1.65 bits per heavy atom. The zero-order valence-corrected chi connectivity index (χ0v) is 15.9. The smallest absolute Gasteiger partial charge is 0.0428 e. The van der Waals surface area contributed by atoms with Crippen molar-refractivity contribution in [2.45, 2.75) is 79.0 Å². The lowest BCUT2D eigenvalue weighted by molar-refractivity contribution is 0.444. The van der Waals surface area contributed by atoms with Crippen LogP contribution in [0.1, 0.15) is 77.7 Å². The van der Waals surface area contributed by atoms with Gasteiger partial charge in [0.25, 0.3) is 0 Å². The molecule has 114 valence electrons. The highest BCUT2D eigenvalue weighted by molar-refractivity contribution is 9.09. The SMILES string of the molecule is CCCCC(CC)C(Br)c1c(C)c(C)c(C)c(C)c1C. The third-order valence-corrected chi connectivity index (χ3v) is 6.41. The maximum Gasteiger partial charge on any atom is 0.0428 e. The molecular weight excluding hydrogens is 308 g/mol. The van der Waals surface area contributed by atoms with Gasteiger partial charge in [0.05, 0.1) is 0 Å². The standard InChI is InChI=1S/C19H31Br/c1-8-10-11-17(9-2)19(20)18-15(6)13(4)12(3)14(5)16(18)7/h17,19H,8-11H2,1-7H3. The zero-order chi connectivity index (χ0) is 15.4. The Morgan fingerprint density at radius 2 is 1.25 bits per heavy atom. The molecule has 0 spiro atoms. The van der Waals surface area contributed by atoms with Gasteiger partial charge in [-0.15, -0.1) is 0 Å². The van der Waals surface area contributed by atoms with Crippen molar-refractivity contribution in [2.75, 3.05) is 0 Å². The van der Waals surface area contributed by atoms with Crippen LogP contribution in [0.5, 0.6) is 0 Å². The first-order valence-corrected chi connectivity index (χ1v) is 8.99. The molecule has 0 heterocycles. The molecule has 0 N–H and O–H groups in total. The van der Waals surface area contributed by atoms with Gasteiger partial charge in [-0.05, 0) is 80.3 Å². The van der Waals surface area contributed by atoms with Crippen molar-refractivity contribution in [3.8, 4) is 0 Å². The Kier molecular flexibility index (Phi) is 6.78. The van der Waals surface area contributed by atoms with Crippen LogP contribution >= 0.6 is 15.9 Å². The van der Waals surface area contributed by atoms with E-state index in [1.807, 2.05) is 0 Å². The Bertz CT molecular complexity index is 430. The molecule has 0 aromatic heterocycles. The molecule has 0 aliphatic rings. The zero-order valence-electron chi connectivity index (χ0n) is 14.4. The average molecular weight is 339 g/mol. The average Bonchev–Trinajstić information content (AvgIpc) is 2.44. The van der Waals surface area contributed by atoms with Crippen molar-refractivity contribution in [3.05, 3.63) is 33.4 Å². The van der Waals surface area contributed by atoms with Gasteiger partial charge in [-0.1, -0.05) is 49.0 Å². The highest BCUT2D eigenvalue weighted by atomic mass is 79.9. The molecule has 2 unspecified atom stereocenters. The molecule has 0 saturated carbocycles. The van der Waals surface area contributed by atoms with E-state index in [0.29, 0.717) is 4.83 Å². The molecule has 1 rings (SSSR count). The third kappa shape index (κ3) is 3.47. The molecule has 2 atom stereocenters. The fourth-order valence-corrected chi connectivity index (χ4v) is 4.53. The molecule has 0 aliphatic carbocycles. The van der Waals surface area contributed by atoms with E-state index < -0.39 is 0 Å². The second kappa shape index (κ2) is 7.64. The Morgan fingerprint density at radius 1 is 0.800 bits per heavy atom. The summed E-state index contributed by atoms with van der Waals surface area (Å²) in [5.41, 5.74) is 8.93. The van der Waals surface area contributed by atoms with Gasteiger partial charge in [-0.3, -0.25) is 0 Å². The molecule has 0 nitrogen and oxygen atoms in total. The summed E-state index contributed by atoms with van der Waals surface area (Å²) in [7, 11) is 0. The van der Waals surface area contributed by atoms with Crippen molar-refractivity contribution in [2.24, 2.45) is 5.92 Å². The van der Waals surface area contributed by atoms with Crippen molar-refractivity contribution < 1.29 is 0 Å². The van der Waals surface area contributed by atoms with Gasteiger partial charge in [0.15, 0.2) is 0 Å². The lowest BCUT2D eigenvalue weighted by atomic mass is 9.83. The normalized spacial score (nSPS) is 14.4. The number of hydrogen-bond acceptors (Lipinski definition) is 0. The number of alkyl halides is 1. The number of hydrogen-bond donors (Lipinski definition) is 0. The van der Waals surface area contributed by atoms with Gasteiger partial charge >= 0.3 is 0 Å². The highest BCUT2D eigenvalue weighted by Gasteiger charge is 2.24. The first kappa shape index (κ1) is 17.8. The lowest BCUT2D eigenvalue weighted by Gasteiger charge is -2.27. The van der Waals surface area contributed by atoms with Crippen molar-refractivity contribution in [3.63, 3.8) is 0 Å². The van der Waals surface area contributed by atoms with Crippen LogP contribution in [-0.4, -0.2) is 0 Å². The van der Waals surface area contributed by atoms with E-state index >= 15 is 0 Å². The van der Waals surface area contributed by atoms with Gasteiger partial charge in [-0.25, -0.2) is 0 Å². The van der Waals surface area contributed by atoms with Crippen LogP contribution in [0.2, 0.25) is 0 Å². The first-order chi connectivity index (χ1) is 9.36. The second-order valence-corrected chi connectivity index (χ2v) is 7.24. The summed E-state index contributed by atoms with van der Waals surface area (Å²) in [4.78, 5) is 0.497. The predicted molar refractivity (Wildman–Crippen MR) is 95.1 cm³/mol. The molecular formula is C19H31Br. The summed E-state index contributed by atoms with van der Waals surface area (Å²) in [6.45, 7) is 16.0. The number of rotatable bonds is 6. The summed E-state index contributed by atoms with van der Waals surface area (Å²) in [5, 5.41) is 0. The fraction of sp³-hybridized carbons (Fsp3) is 0.684. The van der Waals surface area contributed by atoms with E-state index in [9.17, 15) is 0 Å². The van der Waals surface area contributed by atoms with Gasteiger partial charge in [0.2, 0.25) is 0 Å². The van der Waals surface area contributed by atoms with Crippen molar-refractivity contribution in [1.82, 2.24) is 0 Å². The summed E-state index contributed by atoms with van der Waals surface area (Å²) in [5.74, 6) is 0.744. The third-order valence-electron chi connectivity index (χ3n) is 5.20. The second-order valence-electron chi connectivity index (χ2n) is 6.25. The molecule has 0 amide bonds. The Balaban J connectivity index is 3.24.